The quantitative estimate of drug-likeness (QED) is 0.652. The molecule has 1 aliphatic heterocycles. The highest BCUT2D eigenvalue weighted by atomic mass is 16.5. The number of carbonyl (C=O) groups excluding carboxylic acids is 2. The van der Waals surface area contributed by atoms with Crippen molar-refractivity contribution in [1.82, 2.24) is 10.2 Å². The Morgan fingerprint density at radius 3 is 2.57 bits per heavy atom. The second-order valence-electron chi connectivity index (χ2n) is 5.39. The molecule has 1 fully saturated rings. The number of nitrogen functional groups attached to an aromatic ring is 1. The highest BCUT2D eigenvalue weighted by Gasteiger charge is 2.26. The minimum absolute atomic E-state index is 0.0633. The molecule has 0 radical (unpaired) electrons. The van der Waals surface area contributed by atoms with Crippen molar-refractivity contribution in [3.8, 4) is 5.75 Å². The standard InChI is InChI=1S/C17H17N3O3/c18-14-6-13(9-20-10-16(21)19-17(20)22)7-15(8-14)23-11-12-4-2-1-3-5-12/h1-8H,9-11,18H2,(H,19,21,22). The van der Waals surface area contributed by atoms with E-state index in [1.165, 1.54) is 4.90 Å². The smallest absolute Gasteiger partial charge is 0.324 e. The molecule has 6 nitrogen and oxygen atoms in total. The number of ether oxygens (including phenoxy) is 1. The number of carbonyl (C=O) groups is 2. The van der Waals surface area contributed by atoms with Gasteiger partial charge in [0.2, 0.25) is 5.91 Å². The maximum absolute atomic E-state index is 11.6. The topological polar surface area (TPSA) is 84.7 Å². The van der Waals surface area contributed by atoms with Gasteiger partial charge in [0.25, 0.3) is 0 Å². The highest BCUT2D eigenvalue weighted by Crippen LogP contribution is 2.21. The minimum Gasteiger partial charge on any atom is -0.489 e. The molecular weight excluding hydrogens is 294 g/mol. The second-order valence-corrected chi connectivity index (χ2v) is 5.39. The fourth-order valence-electron chi connectivity index (χ4n) is 2.43. The lowest BCUT2D eigenvalue weighted by molar-refractivity contribution is -0.118. The molecule has 0 bridgehead atoms. The summed E-state index contributed by atoms with van der Waals surface area (Å²) in [6, 6.07) is 14.8. The summed E-state index contributed by atoms with van der Waals surface area (Å²) in [7, 11) is 0. The average molecular weight is 311 g/mol. The Hall–Kier alpha value is -3.02. The van der Waals surface area contributed by atoms with Crippen molar-refractivity contribution >= 4 is 17.6 Å². The van der Waals surface area contributed by atoms with Crippen LogP contribution < -0.4 is 15.8 Å². The van der Waals surface area contributed by atoms with Gasteiger partial charge in [-0.05, 0) is 23.3 Å². The van der Waals surface area contributed by atoms with Crippen molar-refractivity contribution in [2.75, 3.05) is 12.3 Å². The van der Waals surface area contributed by atoms with Crippen LogP contribution in [0.25, 0.3) is 0 Å². The molecule has 0 aromatic heterocycles. The third kappa shape index (κ3) is 3.79. The Morgan fingerprint density at radius 2 is 1.87 bits per heavy atom. The number of imide groups is 1. The van der Waals surface area contributed by atoms with Crippen molar-refractivity contribution in [2.24, 2.45) is 0 Å². The molecule has 0 atom stereocenters. The number of nitrogens with zero attached hydrogens (tertiary/aromatic N) is 1. The van der Waals surface area contributed by atoms with Crippen molar-refractivity contribution in [3.05, 3.63) is 59.7 Å². The summed E-state index contributed by atoms with van der Waals surface area (Å²) >= 11 is 0. The van der Waals surface area contributed by atoms with Gasteiger partial charge in [-0.2, -0.15) is 0 Å². The molecule has 3 amide bonds. The Labute approximate surface area is 133 Å². The predicted molar refractivity (Wildman–Crippen MR) is 85.6 cm³/mol. The lowest BCUT2D eigenvalue weighted by Crippen LogP contribution is -2.27. The van der Waals surface area contributed by atoms with Gasteiger partial charge >= 0.3 is 6.03 Å². The first-order valence-electron chi connectivity index (χ1n) is 7.25. The highest BCUT2D eigenvalue weighted by molar-refractivity contribution is 6.01. The minimum atomic E-state index is -0.385. The molecule has 118 valence electrons. The zero-order valence-electron chi connectivity index (χ0n) is 12.5. The molecule has 6 heteroatoms. The van der Waals surface area contributed by atoms with Gasteiger partial charge in [0.1, 0.15) is 18.9 Å². The lowest BCUT2D eigenvalue weighted by atomic mass is 10.1. The zero-order chi connectivity index (χ0) is 16.2. The van der Waals surface area contributed by atoms with Crippen LogP contribution in [-0.2, 0) is 17.9 Å². The van der Waals surface area contributed by atoms with Crippen LogP contribution in [0.15, 0.2) is 48.5 Å². The monoisotopic (exact) mass is 311 g/mol. The van der Waals surface area contributed by atoms with E-state index in [-0.39, 0.29) is 18.5 Å². The average Bonchev–Trinajstić information content (AvgIpc) is 2.83. The van der Waals surface area contributed by atoms with Gasteiger partial charge in [-0.25, -0.2) is 4.79 Å². The Bertz CT molecular complexity index is 731. The summed E-state index contributed by atoms with van der Waals surface area (Å²) in [4.78, 5) is 24.3. The number of benzene rings is 2. The van der Waals surface area contributed by atoms with E-state index in [0.717, 1.165) is 11.1 Å². The van der Waals surface area contributed by atoms with Crippen LogP contribution in [0.3, 0.4) is 0 Å². The van der Waals surface area contributed by atoms with Gasteiger partial charge in [-0.3, -0.25) is 10.1 Å². The van der Waals surface area contributed by atoms with Crippen LogP contribution in [-0.4, -0.2) is 23.4 Å². The fourth-order valence-corrected chi connectivity index (χ4v) is 2.43. The summed E-state index contributed by atoms with van der Waals surface area (Å²) in [6.07, 6.45) is 0. The van der Waals surface area contributed by atoms with E-state index in [4.69, 9.17) is 10.5 Å². The van der Waals surface area contributed by atoms with Gasteiger partial charge in [0.05, 0.1) is 0 Å². The number of rotatable bonds is 5. The lowest BCUT2D eigenvalue weighted by Gasteiger charge is -2.15. The molecule has 2 aromatic carbocycles. The summed E-state index contributed by atoms with van der Waals surface area (Å²) in [5.41, 5.74) is 8.32. The maximum atomic E-state index is 11.6. The first kappa shape index (κ1) is 14.9. The van der Waals surface area contributed by atoms with Gasteiger partial charge < -0.3 is 15.4 Å². The van der Waals surface area contributed by atoms with E-state index in [9.17, 15) is 9.59 Å². The molecule has 1 aliphatic rings. The van der Waals surface area contributed by atoms with Crippen LogP contribution in [0.1, 0.15) is 11.1 Å². The number of anilines is 1. The molecule has 3 rings (SSSR count). The Morgan fingerprint density at radius 1 is 1.09 bits per heavy atom. The van der Waals surface area contributed by atoms with E-state index < -0.39 is 0 Å². The number of hydrogen-bond acceptors (Lipinski definition) is 4. The molecule has 3 N–H and O–H groups in total. The predicted octanol–water partition coefficient (Wildman–Crippen LogP) is 1.90. The molecule has 1 heterocycles. The zero-order valence-corrected chi connectivity index (χ0v) is 12.5. The van der Waals surface area contributed by atoms with Gasteiger partial charge in [0, 0.05) is 18.3 Å². The van der Waals surface area contributed by atoms with E-state index in [2.05, 4.69) is 5.32 Å². The first-order chi connectivity index (χ1) is 11.1. The fraction of sp³-hybridized carbons (Fsp3) is 0.176. The molecule has 0 spiro atoms. The second kappa shape index (κ2) is 6.39. The van der Waals surface area contributed by atoms with Crippen molar-refractivity contribution < 1.29 is 14.3 Å². The normalized spacial score (nSPS) is 14.0. The van der Waals surface area contributed by atoms with E-state index >= 15 is 0 Å². The molecule has 0 aliphatic carbocycles. The van der Waals surface area contributed by atoms with Crippen molar-refractivity contribution in [1.29, 1.82) is 0 Å². The molecule has 0 saturated carbocycles. The van der Waals surface area contributed by atoms with Gasteiger partial charge in [0.15, 0.2) is 0 Å². The molecular formula is C17H17N3O3. The number of urea groups is 1. The Kier molecular flexibility index (Phi) is 4.14. The van der Waals surface area contributed by atoms with Gasteiger partial charge in [-0.1, -0.05) is 30.3 Å². The van der Waals surface area contributed by atoms with Gasteiger partial charge in [-0.15, -0.1) is 0 Å². The molecule has 23 heavy (non-hydrogen) atoms. The SMILES string of the molecule is Nc1cc(CN2CC(=O)NC2=O)cc(OCc2ccccc2)c1. The third-order valence-electron chi connectivity index (χ3n) is 3.48. The third-order valence-corrected chi connectivity index (χ3v) is 3.48. The largest absolute Gasteiger partial charge is 0.489 e. The van der Waals surface area contributed by atoms with E-state index in [1.807, 2.05) is 36.4 Å². The van der Waals surface area contributed by atoms with Crippen molar-refractivity contribution in [2.45, 2.75) is 13.2 Å². The molecule has 0 unspecified atom stereocenters. The maximum Gasteiger partial charge on any atom is 0.324 e. The summed E-state index contributed by atoms with van der Waals surface area (Å²) in [5, 5.41) is 2.25. The summed E-state index contributed by atoms with van der Waals surface area (Å²) in [5.74, 6) is 0.342. The van der Waals surface area contributed by atoms with Crippen LogP contribution in [0.2, 0.25) is 0 Å². The van der Waals surface area contributed by atoms with Crippen LogP contribution in [0, 0.1) is 0 Å². The number of hydrogen-bond donors (Lipinski definition) is 2. The summed E-state index contributed by atoms with van der Waals surface area (Å²) < 4.78 is 5.76. The Balaban J connectivity index is 1.69. The van der Waals surface area contributed by atoms with Crippen LogP contribution >= 0.6 is 0 Å². The summed E-state index contributed by atoms with van der Waals surface area (Å²) in [6.45, 7) is 0.810. The first-order valence-corrected chi connectivity index (χ1v) is 7.25. The number of nitrogens with one attached hydrogen (secondary N) is 1. The molecule has 1 saturated heterocycles. The van der Waals surface area contributed by atoms with E-state index in [0.29, 0.717) is 24.6 Å². The molecule has 2 aromatic rings. The number of nitrogens with two attached hydrogens (primary N) is 1. The van der Waals surface area contributed by atoms with E-state index in [1.54, 1.807) is 12.1 Å². The van der Waals surface area contributed by atoms with Crippen LogP contribution in [0.5, 0.6) is 5.75 Å². The van der Waals surface area contributed by atoms with Crippen molar-refractivity contribution in [3.63, 3.8) is 0 Å². The number of amides is 3. The van der Waals surface area contributed by atoms with Crippen LogP contribution in [0.4, 0.5) is 10.5 Å².